The summed E-state index contributed by atoms with van der Waals surface area (Å²) in [5.41, 5.74) is 0. The van der Waals surface area contributed by atoms with Gasteiger partial charge in [0.25, 0.3) is 0 Å². The molecular weight excluding hydrogens is 504 g/mol. The van der Waals surface area contributed by atoms with Gasteiger partial charge in [0.1, 0.15) is 6.61 Å². The molecule has 6 fully saturated rings. The van der Waals surface area contributed by atoms with Gasteiger partial charge in [0.2, 0.25) is 0 Å². The van der Waals surface area contributed by atoms with Gasteiger partial charge >= 0.3 is 11.9 Å². The smallest absolute Gasteiger partial charge is 0.330 e. The van der Waals surface area contributed by atoms with Crippen LogP contribution >= 0.6 is 0 Å². The number of rotatable bonds is 8. The molecule has 0 aromatic rings. The first-order valence-electron chi connectivity index (χ1n) is 15.7. The maximum absolute atomic E-state index is 10.5. The molecule has 0 aromatic heterocycles. The van der Waals surface area contributed by atoms with Gasteiger partial charge in [-0.25, -0.2) is 9.59 Å². The molecule has 0 aliphatic heterocycles. The van der Waals surface area contributed by atoms with E-state index in [-0.39, 0.29) is 6.61 Å². The lowest BCUT2D eigenvalue weighted by atomic mass is 9.71. The molecule has 0 spiro atoms. The summed E-state index contributed by atoms with van der Waals surface area (Å²) in [6, 6.07) is 0. The van der Waals surface area contributed by atoms with Crippen LogP contribution in [0.15, 0.2) is 37.5 Å². The van der Waals surface area contributed by atoms with Crippen LogP contribution in [0.3, 0.4) is 0 Å². The van der Waals surface area contributed by atoms with E-state index in [1.165, 1.54) is 55.5 Å². The first kappa shape index (κ1) is 31.0. The van der Waals surface area contributed by atoms with Crippen LogP contribution in [-0.4, -0.2) is 52.6 Å². The van der Waals surface area contributed by atoms with Crippen molar-refractivity contribution in [1.82, 2.24) is 0 Å². The van der Waals surface area contributed by atoms with Crippen molar-refractivity contribution in [3.05, 3.63) is 37.5 Å². The molecule has 7 rings (SSSR count). The third-order valence-electron chi connectivity index (χ3n) is 11.0. The Morgan fingerprint density at radius 1 is 0.725 bits per heavy atom. The van der Waals surface area contributed by atoms with Crippen molar-refractivity contribution in [2.24, 2.45) is 59.2 Å². The van der Waals surface area contributed by atoms with Crippen molar-refractivity contribution in [2.75, 3.05) is 40.6 Å². The summed E-state index contributed by atoms with van der Waals surface area (Å²) in [5, 5.41) is 0. The quantitative estimate of drug-likeness (QED) is 0.113. The second-order valence-electron chi connectivity index (χ2n) is 12.8. The minimum absolute atomic E-state index is 0.258. The first-order chi connectivity index (χ1) is 19.5. The second-order valence-corrected chi connectivity index (χ2v) is 12.8. The first-order valence-corrected chi connectivity index (χ1v) is 15.7. The van der Waals surface area contributed by atoms with Crippen LogP contribution in [0.5, 0.6) is 0 Å². The SMILES string of the molecule is C1=CC2C3CCC(C3)C2C1.C1CC2CC1C1C3CCC(C3)C21.C=CC(=O)OC.C=CC(=O)OCCOCCOC. The molecule has 8 atom stereocenters. The van der Waals surface area contributed by atoms with Crippen molar-refractivity contribution in [3.8, 4) is 0 Å². The van der Waals surface area contributed by atoms with Gasteiger partial charge in [0.15, 0.2) is 0 Å². The molecule has 0 saturated heterocycles. The Kier molecular flexibility index (Phi) is 11.9. The number of allylic oxidation sites excluding steroid dienone is 2. The summed E-state index contributed by atoms with van der Waals surface area (Å²) in [6.07, 6.45) is 22.9. The summed E-state index contributed by atoms with van der Waals surface area (Å²) in [7, 11) is 2.91. The number of esters is 2. The largest absolute Gasteiger partial charge is 0.466 e. The predicted octanol–water partition coefficient (Wildman–Crippen LogP) is 6.41. The van der Waals surface area contributed by atoms with Crippen molar-refractivity contribution in [3.63, 3.8) is 0 Å². The average molecular weight is 557 g/mol. The molecule has 6 bridgehead atoms. The van der Waals surface area contributed by atoms with Crippen molar-refractivity contribution < 1.29 is 28.5 Å². The van der Waals surface area contributed by atoms with Crippen LogP contribution in [0.2, 0.25) is 0 Å². The molecule has 0 heterocycles. The molecule has 6 heteroatoms. The fourth-order valence-corrected chi connectivity index (χ4v) is 9.62. The minimum Gasteiger partial charge on any atom is -0.466 e. The number of fused-ring (bicyclic) bond motifs is 14. The van der Waals surface area contributed by atoms with Gasteiger partial charge in [0, 0.05) is 19.3 Å². The molecule has 0 amide bonds. The second kappa shape index (κ2) is 15.3. The number of carbonyl (C=O) groups is 2. The lowest BCUT2D eigenvalue weighted by molar-refractivity contribution is -0.139. The van der Waals surface area contributed by atoms with E-state index < -0.39 is 11.9 Å². The molecule has 0 aromatic carbocycles. The fraction of sp³-hybridized carbons (Fsp3) is 0.765. The Labute approximate surface area is 241 Å². The highest BCUT2D eigenvalue weighted by molar-refractivity contribution is 5.81. The monoisotopic (exact) mass is 556 g/mol. The van der Waals surface area contributed by atoms with Crippen LogP contribution in [-0.2, 0) is 28.5 Å². The summed E-state index contributed by atoms with van der Waals surface area (Å²) < 4.78 is 18.6. The standard InChI is InChI=1S/C12H18.C10H14.C8H14O4.C4H6O2/c1-2-8-5-7(1)11-9-3-4-10(6-9)12(8)11;1-2-9-7-4-5-8(6-7)10(9)3-1;1-3-8(9)12-7-6-11-5-4-10-2;1-3-4(5)6-2/h7-12H,1-6H2;1-2,7-10H,3-6H2;3H,1,4-7H2,2H3;3H,1H2,2H3. The zero-order valence-corrected chi connectivity index (χ0v) is 24.8. The van der Waals surface area contributed by atoms with Gasteiger partial charge in [-0.15, -0.1) is 0 Å². The lowest BCUT2D eigenvalue weighted by Gasteiger charge is -2.34. The summed E-state index contributed by atoms with van der Waals surface area (Å²) >= 11 is 0. The average Bonchev–Trinajstić information content (AvgIpc) is 3.84. The molecule has 40 heavy (non-hydrogen) atoms. The van der Waals surface area contributed by atoms with E-state index in [2.05, 4.69) is 34.8 Å². The van der Waals surface area contributed by atoms with Gasteiger partial charge < -0.3 is 18.9 Å². The molecule has 6 nitrogen and oxygen atoms in total. The molecule has 0 N–H and O–H groups in total. The van der Waals surface area contributed by atoms with Crippen LogP contribution in [0.4, 0.5) is 0 Å². The van der Waals surface area contributed by atoms with Crippen LogP contribution < -0.4 is 0 Å². The van der Waals surface area contributed by atoms with Crippen molar-refractivity contribution in [1.29, 1.82) is 0 Å². The summed E-state index contributed by atoms with van der Waals surface area (Å²) in [5.74, 6) is 10.8. The Hall–Kier alpha value is -1.92. The van der Waals surface area contributed by atoms with E-state index in [0.29, 0.717) is 19.8 Å². The minimum atomic E-state index is -0.426. The Morgan fingerprint density at radius 2 is 1.25 bits per heavy atom. The number of ether oxygens (including phenoxy) is 4. The van der Waals surface area contributed by atoms with E-state index in [1.807, 2.05) is 0 Å². The Morgan fingerprint density at radius 3 is 1.75 bits per heavy atom. The number of hydrogen-bond acceptors (Lipinski definition) is 6. The van der Waals surface area contributed by atoms with Gasteiger partial charge in [-0.1, -0.05) is 25.3 Å². The highest BCUT2D eigenvalue weighted by atomic mass is 16.6. The van der Waals surface area contributed by atoms with Gasteiger partial charge in [-0.2, -0.15) is 0 Å². The molecule has 7 aliphatic rings. The van der Waals surface area contributed by atoms with Gasteiger partial charge in [-0.05, 0) is 123 Å². The normalized spacial score (nSPS) is 37.6. The molecular formula is C34H52O6. The molecule has 6 saturated carbocycles. The molecule has 0 radical (unpaired) electrons. The fourth-order valence-electron chi connectivity index (χ4n) is 9.62. The van der Waals surface area contributed by atoms with Crippen molar-refractivity contribution >= 4 is 11.9 Å². The lowest BCUT2D eigenvalue weighted by Crippen LogP contribution is -2.27. The number of hydrogen-bond donors (Lipinski definition) is 0. The maximum atomic E-state index is 10.5. The van der Waals surface area contributed by atoms with Crippen molar-refractivity contribution in [2.45, 2.75) is 64.2 Å². The summed E-state index contributed by atoms with van der Waals surface area (Å²) in [4.78, 5) is 20.3. The molecule has 7 aliphatic carbocycles. The van der Waals surface area contributed by atoms with Crippen LogP contribution in [0, 0.1) is 59.2 Å². The van der Waals surface area contributed by atoms with E-state index in [0.717, 1.165) is 35.8 Å². The van der Waals surface area contributed by atoms with E-state index in [9.17, 15) is 9.59 Å². The highest BCUT2D eigenvalue weighted by Crippen LogP contribution is 2.67. The molecule has 8 unspecified atom stereocenters. The van der Waals surface area contributed by atoms with E-state index >= 15 is 0 Å². The number of methoxy groups -OCH3 is 2. The zero-order valence-electron chi connectivity index (χ0n) is 24.8. The van der Waals surface area contributed by atoms with Gasteiger partial charge in [-0.3, -0.25) is 0 Å². The van der Waals surface area contributed by atoms with Crippen LogP contribution in [0.25, 0.3) is 0 Å². The number of carbonyl (C=O) groups excluding carboxylic acids is 2. The maximum Gasteiger partial charge on any atom is 0.330 e. The summed E-state index contributed by atoms with van der Waals surface area (Å²) in [6.45, 7) is 8.13. The topological polar surface area (TPSA) is 71.1 Å². The predicted molar refractivity (Wildman–Crippen MR) is 156 cm³/mol. The Bertz CT molecular complexity index is 838. The highest BCUT2D eigenvalue weighted by Gasteiger charge is 2.59. The van der Waals surface area contributed by atoms with Crippen LogP contribution in [0.1, 0.15) is 64.2 Å². The molecule has 224 valence electrons. The van der Waals surface area contributed by atoms with E-state index in [1.54, 1.807) is 58.5 Å². The Balaban J connectivity index is 0.000000127. The third-order valence-corrected chi connectivity index (χ3v) is 11.0. The van der Waals surface area contributed by atoms with Gasteiger partial charge in [0.05, 0.1) is 26.9 Å². The third kappa shape index (κ3) is 7.47. The van der Waals surface area contributed by atoms with E-state index in [4.69, 9.17) is 9.47 Å². The zero-order chi connectivity index (χ0) is 28.5.